The normalized spacial score (nSPS) is 32.5. The minimum atomic E-state index is -0.111. The summed E-state index contributed by atoms with van der Waals surface area (Å²) in [5.41, 5.74) is 2.86. The molecule has 1 aromatic rings. The van der Waals surface area contributed by atoms with Crippen LogP contribution in [0.1, 0.15) is 45.6 Å². The van der Waals surface area contributed by atoms with Crippen LogP contribution in [0.25, 0.3) is 0 Å². The smallest absolute Gasteiger partial charge is 0.0585 e. The van der Waals surface area contributed by atoms with Crippen LogP contribution < -0.4 is 4.90 Å². The quantitative estimate of drug-likeness (QED) is 0.912. The second kappa shape index (κ2) is 6.00. The third kappa shape index (κ3) is 2.96. The highest BCUT2D eigenvalue weighted by atomic mass is 16.3. The third-order valence-corrected chi connectivity index (χ3v) is 5.71. The van der Waals surface area contributed by atoms with E-state index in [1.165, 1.54) is 24.1 Å². The molecule has 0 aromatic heterocycles. The van der Waals surface area contributed by atoms with E-state index in [0.29, 0.717) is 12.0 Å². The molecule has 4 unspecified atom stereocenters. The van der Waals surface area contributed by atoms with Crippen LogP contribution in [0.4, 0.5) is 5.69 Å². The van der Waals surface area contributed by atoms with E-state index in [9.17, 15) is 5.11 Å². The van der Waals surface area contributed by atoms with Gasteiger partial charge in [-0.2, -0.15) is 0 Å². The monoisotopic (exact) mass is 287 g/mol. The molecule has 2 nitrogen and oxygen atoms in total. The molecule has 0 saturated heterocycles. The number of para-hydroxylation sites is 1. The van der Waals surface area contributed by atoms with Gasteiger partial charge in [0.15, 0.2) is 0 Å². The summed E-state index contributed by atoms with van der Waals surface area (Å²) in [5, 5.41) is 10.4. The topological polar surface area (TPSA) is 23.5 Å². The van der Waals surface area contributed by atoms with Crippen LogP contribution in [0.2, 0.25) is 0 Å². The predicted octanol–water partition coefficient (Wildman–Crippen LogP) is 3.87. The Morgan fingerprint density at radius 3 is 2.76 bits per heavy atom. The molecule has 2 aliphatic rings. The van der Waals surface area contributed by atoms with Crippen molar-refractivity contribution in [3.63, 3.8) is 0 Å². The minimum Gasteiger partial charge on any atom is -0.393 e. The number of fused-ring (bicyclic) bond motifs is 1. The number of anilines is 1. The van der Waals surface area contributed by atoms with Crippen molar-refractivity contribution in [3.05, 3.63) is 29.8 Å². The largest absolute Gasteiger partial charge is 0.393 e. The first-order chi connectivity index (χ1) is 10.1. The molecule has 2 heteroatoms. The zero-order valence-electron chi connectivity index (χ0n) is 13.6. The van der Waals surface area contributed by atoms with E-state index in [1.807, 2.05) is 0 Å². The summed E-state index contributed by atoms with van der Waals surface area (Å²) >= 11 is 0. The fraction of sp³-hybridized carbons (Fsp3) is 0.684. The first kappa shape index (κ1) is 14.9. The molecule has 116 valence electrons. The predicted molar refractivity (Wildman–Crippen MR) is 88.6 cm³/mol. The molecule has 0 amide bonds. The molecule has 1 aliphatic carbocycles. The Balaban J connectivity index is 1.73. The van der Waals surface area contributed by atoms with Gasteiger partial charge in [0.2, 0.25) is 0 Å². The number of hydrogen-bond donors (Lipinski definition) is 1. The summed E-state index contributed by atoms with van der Waals surface area (Å²) in [7, 11) is 0. The summed E-state index contributed by atoms with van der Waals surface area (Å²) in [6.07, 6.45) is 4.40. The number of benzene rings is 1. The first-order valence-corrected chi connectivity index (χ1v) is 8.59. The van der Waals surface area contributed by atoms with Gasteiger partial charge in [0.1, 0.15) is 0 Å². The van der Waals surface area contributed by atoms with Gasteiger partial charge in [-0.1, -0.05) is 32.0 Å². The van der Waals surface area contributed by atoms with Gasteiger partial charge in [-0.25, -0.2) is 0 Å². The Hall–Kier alpha value is -1.02. The molecule has 4 atom stereocenters. The summed E-state index contributed by atoms with van der Waals surface area (Å²) in [6.45, 7) is 7.98. The van der Waals surface area contributed by atoms with Crippen molar-refractivity contribution >= 4 is 5.69 Å². The van der Waals surface area contributed by atoms with E-state index < -0.39 is 0 Å². The zero-order chi connectivity index (χ0) is 15.0. The molecule has 0 spiro atoms. The Morgan fingerprint density at radius 2 is 2.00 bits per heavy atom. The third-order valence-electron chi connectivity index (χ3n) is 5.71. The number of nitrogens with zero attached hydrogens (tertiary/aromatic N) is 1. The summed E-state index contributed by atoms with van der Waals surface area (Å²) < 4.78 is 0. The Labute approximate surface area is 129 Å². The summed E-state index contributed by atoms with van der Waals surface area (Å²) in [5.74, 6) is 1.95. The number of aliphatic hydroxyl groups is 1. The van der Waals surface area contributed by atoms with Crippen LogP contribution in [0.3, 0.4) is 0 Å². The molecule has 21 heavy (non-hydrogen) atoms. The molecular weight excluding hydrogens is 258 g/mol. The van der Waals surface area contributed by atoms with Gasteiger partial charge in [-0.05, 0) is 56.1 Å². The highest BCUT2D eigenvalue weighted by Gasteiger charge is 2.34. The van der Waals surface area contributed by atoms with Crippen molar-refractivity contribution in [3.8, 4) is 0 Å². The Kier molecular flexibility index (Phi) is 4.26. The molecule has 1 saturated carbocycles. The molecular formula is C19H29NO. The van der Waals surface area contributed by atoms with E-state index >= 15 is 0 Å². The van der Waals surface area contributed by atoms with Crippen LogP contribution in [0.5, 0.6) is 0 Å². The van der Waals surface area contributed by atoms with Crippen LogP contribution in [0.15, 0.2) is 24.3 Å². The second-order valence-electron chi connectivity index (χ2n) is 7.48. The van der Waals surface area contributed by atoms with Gasteiger partial charge in [0.25, 0.3) is 0 Å². The minimum absolute atomic E-state index is 0.111. The van der Waals surface area contributed by atoms with E-state index in [2.05, 4.69) is 49.9 Å². The molecule has 1 aliphatic heterocycles. The van der Waals surface area contributed by atoms with Gasteiger partial charge in [0, 0.05) is 24.2 Å². The van der Waals surface area contributed by atoms with E-state index in [0.717, 1.165) is 31.2 Å². The van der Waals surface area contributed by atoms with Crippen LogP contribution in [0, 0.1) is 17.8 Å². The van der Waals surface area contributed by atoms with E-state index in [4.69, 9.17) is 0 Å². The summed E-state index contributed by atoms with van der Waals surface area (Å²) in [4.78, 5) is 2.53. The fourth-order valence-corrected chi connectivity index (χ4v) is 4.25. The lowest BCUT2D eigenvalue weighted by Gasteiger charge is -2.39. The maximum atomic E-state index is 10.4. The SMILES string of the molecule is CC(C)C1CCC(O)C(CN2c3ccccc3CC2C)C1. The Bertz CT molecular complexity index is 484. The molecule has 3 rings (SSSR count). The first-order valence-electron chi connectivity index (χ1n) is 8.59. The zero-order valence-corrected chi connectivity index (χ0v) is 13.6. The van der Waals surface area contributed by atoms with Gasteiger partial charge >= 0.3 is 0 Å². The molecule has 1 heterocycles. The highest BCUT2D eigenvalue weighted by Crippen LogP contribution is 2.38. The summed E-state index contributed by atoms with van der Waals surface area (Å²) in [6, 6.07) is 9.33. The number of hydrogen-bond acceptors (Lipinski definition) is 2. The average Bonchev–Trinajstić information content (AvgIpc) is 2.77. The van der Waals surface area contributed by atoms with Crippen molar-refractivity contribution in [1.82, 2.24) is 0 Å². The number of aliphatic hydroxyl groups excluding tert-OH is 1. The maximum absolute atomic E-state index is 10.4. The van der Waals surface area contributed by atoms with E-state index in [1.54, 1.807) is 0 Å². The van der Waals surface area contributed by atoms with Gasteiger partial charge in [-0.3, -0.25) is 0 Å². The van der Waals surface area contributed by atoms with Crippen LogP contribution in [-0.4, -0.2) is 23.8 Å². The fourth-order valence-electron chi connectivity index (χ4n) is 4.25. The molecule has 1 N–H and O–H groups in total. The standard InChI is InChI=1S/C19H29NO/c1-13(2)15-8-9-19(21)17(11-15)12-20-14(3)10-16-6-4-5-7-18(16)20/h4-7,13-15,17,19,21H,8-12H2,1-3H3. The molecule has 1 fully saturated rings. The van der Waals surface area contributed by atoms with E-state index in [-0.39, 0.29) is 6.10 Å². The average molecular weight is 287 g/mol. The lowest BCUT2D eigenvalue weighted by Crippen LogP contribution is -2.42. The molecule has 0 radical (unpaired) electrons. The molecule has 0 bridgehead atoms. The lowest BCUT2D eigenvalue weighted by atomic mass is 9.74. The second-order valence-corrected chi connectivity index (χ2v) is 7.48. The van der Waals surface area contributed by atoms with Crippen molar-refractivity contribution in [1.29, 1.82) is 0 Å². The van der Waals surface area contributed by atoms with Crippen LogP contribution in [-0.2, 0) is 6.42 Å². The van der Waals surface area contributed by atoms with Crippen molar-refractivity contribution < 1.29 is 5.11 Å². The van der Waals surface area contributed by atoms with Crippen molar-refractivity contribution in [2.24, 2.45) is 17.8 Å². The maximum Gasteiger partial charge on any atom is 0.0585 e. The van der Waals surface area contributed by atoms with Crippen molar-refractivity contribution in [2.75, 3.05) is 11.4 Å². The number of rotatable bonds is 3. The van der Waals surface area contributed by atoms with Gasteiger partial charge < -0.3 is 10.0 Å². The van der Waals surface area contributed by atoms with Gasteiger partial charge in [0.05, 0.1) is 6.10 Å². The Morgan fingerprint density at radius 1 is 1.24 bits per heavy atom. The van der Waals surface area contributed by atoms with Crippen molar-refractivity contribution in [2.45, 2.75) is 58.6 Å². The highest BCUT2D eigenvalue weighted by molar-refractivity contribution is 5.59. The van der Waals surface area contributed by atoms with Crippen LogP contribution >= 0.6 is 0 Å². The molecule has 1 aromatic carbocycles. The van der Waals surface area contributed by atoms with Gasteiger partial charge in [-0.15, -0.1) is 0 Å². The lowest BCUT2D eigenvalue weighted by molar-refractivity contribution is 0.0405.